The molecule has 0 saturated heterocycles. The lowest BCUT2D eigenvalue weighted by atomic mass is 10.3. The standard InChI is InChI=1S/C11H14N2O3S/c1-16-6-5-11-12-9-4-3-8(17(2,14)15)7-10(9)13-11/h3-4,7H,5-6H2,1-2H3,(H,12,13). The van der Waals surface area contributed by atoms with Gasteiger partial charge >= 0.3 is 0 Å². The highest BCUT2D eigenvalue weighted by Gasteiger charge is 2.09. The Morgan fingerprint density at radius 2 is 2.18 bits per heavy atom. The molecule has 0 spiro atoms. The number of rotatable bonds is 4. The van der Waals surface area contributed by atoms with Crippen LogP contribution in [0.3, 0.4) is 0 Å². The highest BCUT2D eigenvalue weighted by atomic mass is 32.2. The maximum atomic E-state index is 11.4. The van der Waals surface area contributed by atoms with Crippen LogP contribution in [0.5, 0.6) is 0 Å². The van der Waals surface area contributed by atoms with E-state index in [4.69, 9.17) is 4.74 Å². The molecule has 0 fully saturated rings. The van der Waals surface area contributed by atoms with Crippen molar-refractivity contribution < 1.29 is 13.2 Å². The molecular formula is C11H14N2O3S. The van der Waals surface area contributed by atoms with Crippen LogP contribution in [0.25, 0.3) is 11.0 Å². The summed E-state index contributed by atoms with van der Waals surface area (Å²) in [6, 6.07) is 4.88. The molecule has 1 heterocycles. The fourth-order valence-corrected chi connectivity index (χ4v) is 2.24. The Morgan fingerprint density at radius 1 is 1.41 bits per heavy atom. The molecule has 0 radical (unpaired) electrons. The van der Waals surface area contributed by atoms with Gasteiger partial charge in [-0.05, 0) is 18.2 Å². The van der Waals surface area contributed by atoms with Crippen LogP contribution < -0.4 is 0 Å². The summed E-state index contributed by atoms with van der Waals surface area (Å²) in [6.45, 7) is 0.582. The average Bonchev–Trinajstić information content (AvgIpc) is 2.66. The van der Waals surface area contributed by atoms with Crippen LogP contribution in [-0.2, 0) is 21.0 Å². The van der Waals surface area contributed by atoms with Crippen LogP contribution in [0, 0.1) is 0 Å². The van der Waals surface area contributed by atoms with Crippen molar-refractivity contribution in [1.82, 2.24) is 9.97 Å². The first-order valence-electron chi connectivity index (χ1n) is 5.18. The number of H-pyrrole nitrogens is 1. The van der Waals surface area contributed by atoms with Gasteiger partial charge in [-0.1, -0.05) is 0 Å². The molecule has 5 nitrogen and oxygen atoms in total. The summed E-state index contributed by atoms with van der Waals surface area (Å²) in [5.41, 5.74) is 1.50. The lowest BCUT2D eigenvalue weighted by Gasteiger charge is -1.96. The summed E-state index contributed by atoms with van der Waals surface area (Å²) in [5.74, 6) is 0.799. The summed E-state index contributed by atoms with van der Waals surface area (Å²) in [4.78, 5) is 7.73. The van der Waals surface area contributed by atoms with Crippen molar-refractivity contribution in [1.29, 1.82) is 0 Å². The maximum Gasteiger partial charge on any atom is 0.175 e. The number of ether oxygens (including phenoxy) is 1. The maximum absolute atomic E-state index is 11.4. The van der Waals surface area contributed by atoms with E-state index < -0.39 is 9.84 Å². The van der Waals surface area contributed by atoms with Crippen molar-refractivity contribution in [3.8, 4) is 0 Å². The molecule has 17 heavy (non-hydrogen) atoms. The number of hydrogen-bond donors (Lipinski definition) is 1. The fourth-order valence-electron chi connectivity index (χ4n) is 1.59. The Morgan fingerprint density at radius 3 is 2.82 bits per heavy atom. The van der Waals surface area contributed by atoms with Gasteiger partial charge < -0.3 is 9.72 Å². The Kier molecular flexibility index (Phi) is 3.17. The zero-order chi connectivity index (χ0) is 12.5. The van der Waals surface area contributed by atoms with E-state index >= 15 is 0 Å². The molecular weight excluding hydrogens is 240 g/mol. The SMILES string of the molecule is COCCc1nc2ccc(S(C)(=O)=O)cc2[nH]1. The van der Waals surface area contributed by atoms with Crippen molar-refractivity contribution in [2.75, 3.05) is 20.0 Å². The number of methoxy groups -OCH3 is 1. The van der Waals surface area contributed by atoms with Gasteiger partial charge in [0, 0.05) is 19.8 Å². The lowest BCUT2D eigenvalue weighted by molar-refractivity contribution is 0.201. The second-order valence-corrected chi connectivity index (χ2v) is 5.89. The van der Waals surface area contributed by atoms with Crippen molar-refractivity contribution in [2.45, 2.75) is 11.3 Å². The van der Waals surface area contributed by atoms with Crippen molar-refractivity contribution in [3.63, 3.8) is 0 Å². The van der Waals surface area contributed by atoms with Crippen molar-refractivity contribution in [2.24, 2.45) is 0 Å². The first-order valence-corrected chi connectivity index (χ1v) is 7.07. The van der Waals surface area contributed by atoms with Gasteiger partial charge in [0.05, 0.1) is 22.5 Å². The van der Waals surface area contributed by atoms with Gasteiger partial charge in [-0.25, -0.2) is 13.4 Å². The molecule has 6 heteroatoms. The molecule has 1 aromatic heterocycles. The second-order valence-electron chi connectivity index (χ2n) is 3.88. The third-order valence-electron chi connectivity index (χ3n) is 2.47. The quantitative estimate of drug-likeness (QED) is 0.888. The van der Waals surface area contributed by atoms with Gasteiger partial charge in [0.2, 0.25) is 0 Å². The smallest absolute Gasteiger partial charge is 0.175 e. The Balaban J connectivity index is 2.41. The highest BCUT2D eigenvalue weighted by Crippen LogP contribution is 2.17. The third-order valence-corrected chi connectivity index (χ3v) is 3.58. The summed E-state index contributed by atoms with van der Waals surface area (Å²) in [6.07, 6.45) is 1.87. The molecule has 0 aliphatic carbocycles. The van der Waals surface area contributed by atoms with Gasteiger partial charge in [0.25, 0.3) is 0 Å². The Bertz CT molecular complexity index is 631. The van der Waals surface area contributed by atoms with E-state index in [1.807, 2.05) is 0 Å². The predicted octanol–water partition coefficient (Wildman–Crippen LogP) is 1.16. The van der Waals surface area contributed by atoms with E-state index in [9.17, 15) is 8.42 Å². The number of hydrogen-bond acceptors (Lipinski definition) is 4. The van der Waals surface area contributed by atoms with Crippen LogP contribution in [0.2, 0.25) is 0 Å². The summed E-state index contributed by atoms with van der Waals surface area (Å²) in [7, 11) is -1.55. The van der Waals surface area contributed by atoms with Gasteiger partial charge in [-0.15, -0.1) is 0 Å². The van der Waals surface area contributed by atoms with Crippen LogP contribution in [0.15, 0.2) is 23.1 Å². The van der Waals surface area contributed by atoms with Crippen LogP contribution in [0.4, 0.5) is 0 Å². The molecule has 0 aliphatic rings. The van der Waals surface area contributed by atoms with E-state index in [0.29, 0.717) is 17.9 Å². The molecule has 92 valence electrons. The summed E-state index contributed by atoms with van der Waals surface area (Å²) < 4.78 is 27.8. The van der Waals surface area contributed by atoms with E-state index in [1.165, 1.54) is 6.26 Å². The first-order chi connectivity index (χ1) is 8.00. The lowest BCUT2D eigenvalue weighted by Crippen LogP contribution is -1.96. The number of nitrogens with one attached hydrogen (secondary N) is 1. The minimum atomic E-state index is -3.17. The predicted molar refractivity (Wildman–Crippen MR) is 64.8 cm³/mol. The highest BCUT2D eigenvalue weighted by molar-refractivity contribution is 7.90. The Labute approximate surface area is 99.7 Å². The van der Waals surface area contributed by atoms with E-state index in [1.54, 1.807) is 25.3 Å². The number of sulfone groups is 1. The normalized spacial score (nSPS) is 12.1. The molecule has 2 aromatic rings. The van der Waals surface area contributed by atoms with Gasteiger partial charge in [0.15, 0.2) is 9.84 Å². The van der Waals surface area contributed by atoms with Gasteiger partial charge in [-0.2, -0.15) is 0 Å². The molecule has 0 atom stereocenters. The van der Waals surface area contributed by atoms with Gasteiger partial charge in [0.1, 0.15) is 5.82 Å². The number of aromatic amines is 1. The first kappa shape index (κ1) is 12.1. The minimum Gasteiger partial charge on any atom is -0.384 e. The van der Waals surface area contributed by atoms with Crippen molar-refractivity contribution >= 4 is 20.9 Å². The zero-order valence-corrected chi connectivity index (χ0v) is 10.5. The van der Waals surface area contributed by atoms with E-state index in [2.05, 4.69) is 9.97 Å². The molecule has 1 aromatic carbocycles. The number of fused-ring (bicyclic) bond motifs is 1. The summed E-state index contributed by atoms with van der Waals surface area (Å²) >= 11 is 0. The third kappa shape index (κ3) is 2.65. The molecule has 0 aliphatic heterocycles. The number of benzene rings is 1. The van der Waals surface area contributed by atoms with E-state index in [-0.39, 0.29) is 0 Å². The fraction of sp³-hybridized carbons (Fsp3) is 0.364. The topological polar surface area (TPSA) is 72.0 Å². The minimum absolute atomic E-state index is 0.298. The zero-order valence-electron chi connectivity index (χ0n) is 9.73. The van der Waals surface area contributed by atoms with Crippen LogP contribution in [-0.4, -0.2) is 38.4 Å². The van der Waals surface area contributed by atoms with Crippen LogP contribution >= 0.6 is 0 Å². The molecule has 0 amide bonds. The van der Waals surface area contributed by atoms with Gasteiger partial charge in [-0.3, -0.25) is 0 Å². The van der Waals surface area contributed by atoms with Crippen molar-refractivity contribution in [3.05, 3.63) is 24.0 Å². The van der Waals surface area contributed by atoms with E-state index in [0.717, 1.165) is 16.9 Å². The van der Waals surface area contributed by atoms with Crippen LogP contribution in [0.1, 0.15) is 5.82 Å². The number of aromatic nitrogens is 2. The average molecular weight is 254 g/mol. The summed E-state index contributed by atoms with van der Waals surface area (Å²) in [5, 5.41) is 0. The molecule has 2 rings (SSSR count). The molecule has 0 saturated carbocycles. The monoisotopic (exact) mass is 254 g/mol. The largest absolute Gasteiger partial charge is 0.384 e. The molecule has 1 N–H and O–H groups in total. The number of nitrogens with zero attached hydrogens (tertiary/aromatic N) is 1. The Hall–Kier alpha value is -1.40. The second kappa shape index (κ2) is 4.46. The number of imidazole rings is 1. The molecule has 0 unspecified atom stereocenters. The molecule has 0 bridgehead atoms.